The Kier molecular flexibility index (Phi) is 10.8. The maximum atomic E-state index is 11.4. The van der Waals surface area contributed by atoms with E-state index in [0.29, 0.717) is 0 Å². The van der Waals surface area contributed by atoms with Crippen molar-refractivity contribution in [3.05, 3.63) is 0 Å². The van der Waals surface area contributed by atoms with Crippen molar-refractivity contribution in [2.75, 3.05) is 33.5 Å². The number of fused-ring (bicyclic) bond motifs is 4. The standard InChI is InChI=1S/C28H47NO19/c1-27(2,29-3)28(23(38)14(34)12(32)9(5-31)47-28)48-19-11-7-41-22(19)17(37)26(44-11)46-20-13(33)8(4-30)43-25(16(20)36)45-18-10-6-40-21(18)15(35)24(39)42-10/h8-26,29-39H,4-7H2,1-3H3/t8-,9-,10+,11+,12+,13-,14+,15+,16-,17+,18+,19+,20+,21+,22+,23-,24-,25+,26+,28-/m1/s1. The van der Waals surface area contributed by atoms with Gasteiger partial charge in [-0.3, -0.25) is 0 Å². The minimum Gasteiger partial charge on any atom is -0.394 e. The Morgan fingerprint density at radius 3 is 1.88 bits per heavy atom. The zero-order valence-corrected chi connectivity index (χ0v) is 26.4. The van der Waals surface area contributed by atoms with Gasteiger partial charge in [0.2, 0.25) is 5.79 Å². The maximum absolute atomic E-state index is 11.4. The van der Waals surface area contributed by atoms with Gasteiger partial charge < -0.3 is 99.0 Å². The third-order valence-electron chi connectivity index (χ3n) is 10.3. The first kappa shape index (κ1) is 37.0. The molecule has 0 amide bonds. The van der Waals surface area contributed by atoms with E-state index < -0.39 is 141 Å². The van der Waals surface area contributed by atoms with Gasteiger partial charge in [0.1, 0.15) is 97.7 Å². The van der Waals surface area contributed by atoms with E-state index in [0.717, 1.165) is 0 Å². The van der Waals surface area contributed by atoms with Crippen LogP contribution in [0.1, 0.15) is 13.8 Å². The zero-order chi connectivity index (χ0) is 34.9. The van der Waals surface area contributed by atoms with Crippen LogP contribution in [0.4, 0.5) is 0 Å². The van der Waals surface area contributed by atoms with E-state index in [1.807, 2.05) is 0 Å². The predicted molar refractivity (Wildman–Crippen MR) is 149 cm³/mol. The van der Waals surface area contributed by atoms with Crippen LogP contribution in [0, 0.1) is 0 Å². The number of aliphatic hydroxyl groups excluding tert-OH is 10. The van der Waals surface area contributed by atoms with Crippen LogP contribution in [-0.4, -0.2) is 212 Å². The smallest absolute Gasteiger partial charge is 0.216 e. The highest BCUT2D eigenvalue weighted by Crippen LogP contribution is 2.44. The summed E-state index contributed by atoms with van der Waals surface area (Å²) in [5.74, 6) is -2.12. The third kappa shape index (κ3) is 6.01. The van der Waals surface area contributed by atoms with E-state index in [9.17, 15) is 51.1 Å². The van der Waals surface area contributed by atoms with Gasteiger partial charge in [0, 0.05) is 0 Å². The Balaban J connectivity index is 1.18. The second kappa shape index (κ2) is 14.0. The van der Waals surface area contributed by atoms with Crippen molar-refractivity contribution in [3.63, 3.8) is 0 Å². The van der Waals surface area contributed by atoms with Crippen LogP contribution in [0.2, 0.25) is 0 Å². The minimum atomic E-state index is -2.12. The van der Waals surface area contributed by atoms with Gasteiger partial charge in [-0.05, 0) is 20.9 Å². The summed E-state index contributed by atoms with van der Waals surface area (Å²) in [7, 11) is 1.54. The van der Waals surface area contributed by atoms with Gasteiger partial charge in [-0.2, -0.15) is 0 Å². The van der Waals surface area contributed by atoms with Gasteiger partial charge in [-0.1, -0.05) is 0 Å². The molecule has 0 aromatic heterocycles. The molecule has 0 aromatic carbocycles. The van der Waals surface area contributed by atoms with E-state index >= 15 is 0 Å². The molecule has 20 atom stereocenters. The van der Waals surface area contributed by atoms with Gasteiger partial charge >= 0.3 is 0 Å². The van der Waals surface area contributed by atoms with Crippen LogP contribution in [0.3, 0.4) is 0 Å². The molecule has 48 heavy (non-hydrogen) atoms. The van der Waals surface area contributed by atoms with Crippen molar-refractivity contribution >= 4 is 0 Å². The number of ether oxygens (including phenoxy) is 9. The Labute approximate surface area is 274 Å². The molecular weight excluding hydrogens is 654 g/mol. The third-order valence-corrected chi connectivity index (χ3v) is 10.3. The van der Waals surface area contributed by atoms with Crippen LogP contribution in [-0.2, 0) is 42.6 Å². The number of likely N-dealkylation sites (N-methyl/N-ethyl adjacent to an activating group) is 1. The normalized spacial score (nSPS) is 54.1. The molecule has 6 aliphatic heterocycles. The van der Waals surface area contributed by atoms with Crippen molar-refractivity contribution in [2.45, 2.75) is 142 Å². The number of aliphatic hydroxyl groups is 10. The van der Waals surface area contributed by atoms with E-state index in [1.54, 1.807) is 20.9 Å². The van der Waals surface area contributed by atoms with E-state index in [4.69, 9.17) is 42.6 Å². The second-order valence-electron chi connectivity index (χ2n) is 13.5. The van der Waals surface area contributed by atoms with Gasteiger partial charge in [-0.25, -0.2) is 0 Å². The highest BCUT2D eigenvalue weighted by molar-refractivity contribution is 5.10. The Morgan fingerprint density at radius 2 is 1.25 bits per heavy atom. The van der Waals surface area contributed by atoms with Crippen molar-refractivity contribution in [1.82, 2.24) is 5.32 Å². The molecule has 6 saturated heterocycles. The number of hydrogen-bond acceptors (Lipinski definition) is 20. The summed E-state index contributed by atoms with van der Waals surface area (Å²) >= 11 is 0. The average molecular weight is 702 g/mol. The van der Waals surface area contributed by atoms with Crippen molar-refractivity contribution < 1.29 is 93.7 Å². The van der Waals surface area contributed by atoms with Gasteiger partial charge in [0.05, 0.1) is 32.0 Å². The lowest BCUT2D eigenvalue weighted by Gasteiger charge is -2.56. The lowest BCUT2D eigenvalue weighted by Crippen LogP contribution is -2.77. The molecule has 6 aliphatic rings. The quantitative estimate of drug-likeness (QED) is 0.101. The first-order chi connectivity index (χ1) is 22.7. The lowest BCUT2D eigenvalue weighted by molar-refractivity contribution is -0.414. The topological polar surface area (TPSA) is 297 Å². The number of nitrogens with one attached hydrogen (secondary N) is 1. The molecule has 6 heterocycles. The second-order valence-corrected chi connectivity index (χ2v) is 13.5. The van der Waals surface area contributed by atoms with Crippen LogP contribution in [0.5, 0.6) is 0 Å². The molecular formula is C28H47NO19. The van der Waals surface area contributed by atoms with Crippen molar-refractivity contribution in [1.29, 1.82) is 0 Å². The molecule has 0 saturated carbocycles. The fourth-order valence-corrected chi connectivity index (χ4v) is 7.20. The highest BCUT2D eigenvalue weighted by Gasteiger charge is 2.66. The van der Waals surface area contributed by atoms with Crippen LogP contribution in [0.25, 0.3) is 0 Å². The summed E-state index contributed by atoms with van der Waals surface area (Å²) in [6, 6.07) is 0. The Hall–Kier alpha value is -0.800. The Bertz CT molecular complexity index is 1110. The molecule has 20 heteroatoms. The first-order valence-electron chi connectivity index (χ1n) is 15.9. The number of hydrogen-bond donors (Lipinski definition) is 11. The molecule has 278 valence electrons. The molecule has 4 bridgehead atoms. The zero-order valence-electron chi connectivity index (χ0n) is 26.4. The van der Waals surface area contributed by atoms with E-state index in [-0.39, 0.29) is 13.2 Å². The van der Waals surface area contributed by atoms with Gasteiger partial charge in [0.15, 0.2) is 18.9 Å². The van der Waals surface area contributed by atoms with E-state index in [1.165, 1.54) is 0 Å². The van der Waals surface area contributed by atoms with Crippen molar-refractivity contribution in [3.8, 4) is 0 Å². The fourth-order valence-electron chi connectivity index (χ4n) is 7.20. The lowest BCUT2D eigenvalue weighted by atomic mass is 9.80. The first-order valence-corrected chi connectivity index (χ1v) is 15.9. The molecule has 0 aromatic rings. The summed E-state index contributed by atoms with van der Waals surface area (Å²) in [6.07, 6.45) is -26.9. The minimum absolute atomic E-state index is 0.0264. The molecule has 0 radical (unpaired) electrons. The molecule has 11 N–H and O–H groups in total. The van der Waals surface area contributed by atoms with Crippen LogP contribution < -0.4 is 5.32 Å². The number of rotatable bonds is 10. The Morgan fingerprint density at radius 1 is 0.667 bits per heavy atom. The summed E-state index contributed by atoms with van der Waals surface area (Å²) < 4.78 is 52.2. The van der Waals surface area contributed by atoms with Gasteiger partial charge in [0.25, 0.3) is 0 Å². The maximum Gasteiger partial charge on any atom is 0.216 e. The molecule has 20 nitrogen and oxygen atoms in total. The molecule has 0 spiro atoms. The summed E-state index contributed by atoms with van der Waals surface area (Å²) in [5.41, 5.74) is -1.29. The molecule has 0 aliphatic carbocycles. The average Bonchev–Trinajstić information content (AvgIpc) is 3.55. The summed E-state index contributed by atoms with van der Waals surface area (Å²) in [5, 5.41) is 109. The molecule has 0 unspecified atom stereocenters. The highest BCUT2D eigenvalue weighted by atomic mass is 16.8. The van der Waals surface area contributed by atoms with Crippen LogP contribution in [0.15, 0.2) is 0 Å². The van der Waals surface area contributed by atoms with Crippen molar-refractivity contribution in [2.24, 2.45) is 0 Å². The van der Waals surface area contributed by atoms with Gasteiger partial charge in [-0.15, -0.1) is 0 Å². The summed E-state index contributed by atoms with van der Waals surface area (Å²) in [4.78, 5) is 0. The molecule has 6 fully saturated rings. The largest absolute Gasteiger partial charge is 0.394 e. The predicted octanol–water partition coefficient (Wildman–Crippen LogP) is -7.29. The fraction of sp³-hybridized carbons (Fsp3) is 1.00. The molecule has 6 rings (SSSR count). The monoisotopic (exact) mass is 701 g/mol. The summed E-state index contributed by atoms with van der Waals surface area (Å²) in [6.45, 7) is 1.57. The van der Waals surface area contributed by atoms with Crippen LogP contribution >= 0.6 is 0 Å². The SMILES string of the molecule is CNC(C)(C)[C@@]1(O[C@@H]2[C@H]3OC[C@@H]2O[C@@H](O[C@@H]2[C@@H](O)[C@H](O[C@@H]4[C@H]5OC[C@@H]4O[C@@H](O)[C@H]5O)O[C@H](CO)[C@H]2O)[C@H]3O)O[C@H](CO)[C@H](O)[C@H](O)[C@H]1O. The van der Waals surface area contributed by atoms with E-state index in [2.05, 4.69) is 5.32 Å².